The zero-order valence-corrected chi connectivity index (χ0v) is 9.10. The first-order valence-electron chi connectivity index (χ1n) is 6.04. The summed E-state index contributed by atoms with van der Waals surface area (Å²) in [6.07, 6.45) is 12.3. The maximum absolute atomic E-state index is 6.01. The third-order valence-electron chi connectivity index (χ3n) is 3.29. The standard InChI is InChI=1S/C12H25N/c1-11-7-3-2-4-9-12(13)10-6-5-8-11/h11-12H,2-10,13H2,1H3. The fourth-order valence-electron chi connectivity index (χ4n) is 2.26. The van der Waals surface area contributed by atoms with Crippen LogP contribution in [-0.2, 0) is 0 Å². The molecule has 0 aromatic heterocycles. The van der Waals surface area contributed by atoms with E-state index in [1.165, 1.54) is 57.8 Å². The summed E-state index contributed by atoms with van der Waals surface area (Å²) in [5, 5.41) is 0. The lowest BCUT2D eigenvalue weighted by molar-refractivity contribution is 0.446. The first-order valence-corrected chi connectivity index (χ1v) is 6.04. The Kier molecular flexibility index (Phi) is 5.45. The average molecular weight is 183 g/mol. The Balaban J connectivity index is 2.22. The molecule has 1 fully saturated rings. The molecule has 0 amide bonds. The minimum atomic E-state index is 0.494. The van der Waals surface area contributed by atoms with E-state index in [4.69, 9.17) is 5.73 Å². The second kappa shape index (κ2) is 6.42. The van der Waals surface area contributed by atoms with Crippen LogP contribution in [0.5, 0.6) is 0 Å². The minimum absolute atomic E-state index is 0.494. The van der Waals surface area contributed by atoms with Gasteiger partial charge in [-0.15, -0.1) is 0 Å². The van der Waals surface area contributed by atoms with E-state index in [0.29, 0.717) is 6.04 Å². The Bertz CT molecular complexity index is 108. The molecular formula is C12H25N. The van der Waals surface area contributed by atoms with Crippen molar-refractivity contribution in [3.05, 3.63) is 0 Å². The maximum Gasteiger partial charge on any atom is 0.00388 e. The summed E-state index contributed by atoms with van der Waals surface area (Å²) >= 11 is 0. The Hall–Kier alpha value is -0.0400. The fourth-order valence-corrected chi connectivity index (χ4v) is 2.26. The van der Waals surface area contributed by atoms with Crippen LogP contribution in [0.25, 0.3) is 0 Å². The lowest BCUT2D eigenvalue weighted by Gasteiger charge is -2.10. The van der Waals surface area contributed by atoms with Gasteiger partial charge in [-0.05, 0) is 18.8 Å². The van der Waals surface area contributed by atoms with Gasteiger partial charge in [0, 0.05) is 6.04 Å². The van der Waals surface area contributed by atoms with Crippen molar-refractivity contribution in [2.75, 3.05) is 0 Å². The van der Waals surface area contributed by atoms with Gasteiger partial charge in [-0.3, -0.25) is 0 Å². The molecule has 1 rings (SSSR count). The highest BCUT2D eigenvalue weighted by molar-refractivity contribution is 4.64. The van der Waals surface area contributed by atoms with Crippen LogP contribution in [0.15, 0.2) is 0 Å². The Morgan fingerprint density at radius 2 is 1.23 bits per heavy atom. The van der Waals surface area contributed by atoms with Crippen molar-refractivity contribution in [1.29, 1.82) is 0 Å². The zero-order chi connectivity index (χ0) is 9.52. The summed E-state index contributed by atoms with van der Waals surface area (Å²) in [4.78, 5) is 0. The van der Waals surface area contributed by atoms with Crippen molar-refractivity contribution in [2.24, 2.45) is 11.7 Å². The van der Waals surface area contributed by atoms with Crippen LogP contribution in [-0.4, -0.2) is 6.04 Å². The number of nitrogens with two attached hydrogens (primary N) is 1. The molecule has 1 heteroatoms. The van der Waals surface area contributed by atoms with Gasteiger partial charge in [-0.1, -0.05) is 51.9 Å². The Labute approximate surface area is 83.1 Å². The van der Waals surface area contributed by atoms with E-state index >= 15 is 0 Å². The van der Waals surface area contributed by atoms with E-state index in [9.17, 15) is 0 Å². The summed E-state index contributed by atoms with van der Waals surface area (Å²) in [6, 6.07) is 0.494. The quantitative estimate of drug-likeness (QED) is 0.611. The second-order valence-electron chi connectivity index (χ2n) is 4.79. The SMILES string of the molecule is CC1CCCCCC(N)CCCC1. The lowest BCUT2D eigenvalue weighted by atomic mass is 9.97. The van der Waals surface area contributed by atoms with Gasteiger partial charge < -0.3 is 5.73 Å². The average Bonchev–Trinajstić information content (AvgIpc) is 2.14. The molecule has 0 aliphatic heterocycles. The monoisotopic (exact) mass is 183 g/mol. The van der Waals surface area contributed by atoms with Crippen molar-refractivity contribution in [3.8, 4) is 0 Å². The first-order chi connectivity index (χ1) is 6.29. The molecule has 2 N–H and O–H groups in total. The molecule has 2 unspecified atom stereocenters. The summed E-state index contributed by atoms with van der Waals surface area (Å²) < 4.78 is 0. The molecule has 1 aliphatic carbocycles. The van der Waals surface area contributed by atoms with Crippen LogP contribution in [0.3, 0.4) is 0 Å². The van der Waals surface area contributed by atoms with E-state index in [1.54, 1.807) is 0 Å². The van der Waals surface area contributed by atoms with Crippen LogP contribution in [0.1, 0.15) is 64.7 Å². The fraction of sp³-hybridized carbons (Fsp3) is 1.00. The molecule has 1 aliphatic rings. The van der Waals surface area contributed by atoms with E-state index in [0.717, 1.165) is 5.92 Å². The topological polar surface area (TPSA) is 26.0 Å². The van der Waals surface area contributed by atoms with Crippen molar-refractivity contribution in [2.45, 2.75) is 70.8 Å². The first kappa shape index (κ1) is 11.0. The number of rotatable bonds is 0. The molecule has 1 nitrogen and oxygen atoms in total. The third kappa shape index (κ3) is 5.30. The van der Waals surface area contributed by atoms with E-state index in [-0.39, 0.29) is 0 Å². The smallest absolute Gasteiger partial charge is 0.00388 e. The molecule has 0 aromatic rings. The molecule has 0 heterocycles. The van der Waals surface area contributed by atoms with Gasteiger partial charge in [-0.2, -0.15) is 0 Å². The normalized spacial score (nSPS) is 33.7. The lowest BCUT2D eigenvalue weighted by Crippen LogP contribution is -2.19. The minimum Gasteiger partial charge on any atom is -0.328 e. The summed E-state index contributed by atoms with van der Waals surface area (Å²) in [5.41, 5.74) is 6.01. The van der Waals surface area contributed by atoms with Crippen LogP contribution in [0, 0.1) is 5.92 Å². The largest absolute Gasteiger partial charge is 0.328 e. The van der Waals surface area contributed by atoms with Gasteiger partial charge in [0.15, 0.2) is 0 Å². The number of hydrogen-bond donors (Lipinski definition) is 1. The molecule has 0 bridgehead atoms. The summed E-state index contributed by atoms with van der Waals surface area (Å²) in [5.74, 6) is 0.953. The number of hydrogen-bond acceptors (Lipinski definition) is 1. The summed E-state index contributed by atoms with van der Waals surface area (Å²) in [7, 11) is 0. The molecule has 0 aromatic carbocycles. The highest BCUT2D eigenvalue weighted by Gasteiger charge is 2.07. The van der Waals surface area contributed by atoms with Crippen LogP contribution in [0.2, 0.25) is 0 Å². The van der Waals surface area contributed by atoms with Gasteiger partial charge in [0.2, 0.25) is 0 Å². The molecule has 0 saturated heterocycles. The molecule has 78 valence electrons. The van der Waals surface area contributed by atoms with Crippen LogP contribution in [0.4, 0.5) is 0 Å². The second-order valence-corrected chi connectivity index (χ2v) is 4.79. The Morgan fingerprint density at radius 3 is 1.92 bits per heavy atom. The van der Waals surface area contributed by atoms with E-state index in [1.807, 2.05) is 0 Å². The molecular weight excluding hydrogens is 158 g/mol. The van der Waals surface area contributed by atoms with E-state index < -0.39 is 0 Å². The van der Waals surface area contributed by atoms with Crippen molar-refractivity contribution in [3.63, 3.8) is 0 Å². The van der Waals surface area contributed by atoms with Crippen molar-refractivity contribution < 1.29 is 0 Å². The predicted molar refractivity (Wildman–Crippen MR) is 58.7 cm³/mol. The summed E-state index contributed by atoms with van der Waals surface area (Å²) in [6.45, 7) is 2.40. The van der Waals surface area contributed by atoms with Gasteiger partial charge in [0.1, 0.15) is 0 Å². The van der Waals surface area contributed by atoms with Gasteiger partial charge in [-0.25, -0.2) is 0 Å². The third-order valence-corrected chi connectivity index (χ3v) is 3.29. The highest BCUT2D eigenvalue weighted by atomic mass is 14.6. The maximum atomic E-state index is 6.01. The van der Waals surface area contributed by atoms with Crippen molar-refractivity contribution in [1.82, 2.24) is 0 Å². The molecule has 13 heavy (non-hydrogen) atoms. The molecule has 0 spiro atoms. The zero-order valence-electron chi connectivity index (χ0n) is 9.10. The van der Waals surface area contributed by atoms with Gasteiger partial charge >= 0.3 is 0 Å². The molecule has 0 radical (unpaired) electrons. The van der Waals surface area contributed by atoms with Gasteiger partial charge in [0.25, 0.3) is 0 Å². The molecule has 2 atom stereocenters. The van der Waals surface area contributed by atoms with Crippen LogP contribution < -0.4 is 5.73 Å². The molecule has 1 saturated carbocycles. The van der Waals surface area contributed by atoms with Gasteiger partial charge in [0.05, 0.1) is 0 Å². The highest BCUT2D eigenvalue weighted by Crippen LogP contribution is 2.19. The Morgan fingerprint density at radius 1 is 0.769 bits per heavy atom. The van der Waals surface area contributed by atoms with Crippen LogP contribution >= 0.6 is 0 Å². The van der Waals surface area contributed by atoms with Crippen molar-refractivity contribution >= 4 is 0 Å². The predicted octanol–water partition coefficient (Wildman–Crippen LogP) is 3.47. The van der Waals surface area contributed by atoms with E-state index in [2.05, 4.69) is 6.92 Å².